The normalized spacial score (nSPS) is 11.8. The van der Waals surface area contributed by atoms with Gasteiger partial charge in [0.05, 0.1) is 19.6 Å². The van der Waals surface area contributed by atoms with Gasteiger partial charge in [-0.25, -0.2) is 0 Å². The lowest BCUT2D eigenvalue weighted by Gasteiger charge is -2.17. The Morgan fingerprint density at radius 2 is 1.79 bits per heavy atom. The van der Waals surface area contributed by atoms with Crippen LogP contribution in [0, 0.1) is 3.57 Å². The first kappa shape index (κ1) is 23.1. The van der Waals surface area contributed by atoms with Gasteiger partial charge in [-0.3, -0.25) is 4.79 Å². The highest BCUT2D eigenvalue weighted by Crippen LogP contribution is 2.27. The zero-order chi connectivity index (χ0) is 23.2. The summed E-state index contributed by atoms with van der Waals surface area (Å²) in [5, 5.41) is 0. The van der Waals surface area contributed by atoms with Gasteiger partial charge >= 0.3 is 5.97 Å². The van der Waals surface area contributed by atoms with Crippen LogP contribution in [0.3, 0.4) is 0 Å². The molecule has 0 bridgehead atoms. The molecule has 0 fully saturated rings. The number of likely N-dealkylation sites (N-methyl/N-ethyl adjacent to an activating group) is 1. The molecular weight excluding hydrogens is 531 g/mol. The van der Waals surface area contributed by atoms with Crippen molar-refractivity contribution in [1.29, 1.82) is 0 Å². The number of nitrogens with zero attached hydrogens (tertiary/aromatic N) is 2. The smallest absolute Gasteiger partial charge is 0.313 e. The molecule has 4 rings (SSSR count). The summed E-state index contributed by atoms with van der Waals surface area (Å²) < 4.78 is 17.8. The van der Waals surface area contributed by atoms with Crippen molar-refractivity contribution in [2.24, 2.45) is 0 Å². The largest absolute Gasteiger partial charge is 0.492 e. The van der Waals surface area contributed by atoms with E-state index in [1.54, 1.807) is 0 Å². The molecule has 7 heteroatoms. The number of fused-ring (bicyclic) bond motifs is 1. The summed E-state index contributed by atoms with van der Waals surface area (Å²) in [5.41, 5.74) is 3.63. The minimum absolute atomic E-state index is 0.235. The fourth-order valence-corrected chi connectivity index (χ4v) is 4.36. The van der Waals surface area contributed by atoms with Gasteiger partial charge < -0.3 is 18.8 Å². The number of hydrogen-bond acceptors (Lipinski definition) is 6. The van der Waals surface area contributed by atoms with Crippen molar-refractivity contribution < 1.29 is 18.7 Å². The average Bonchev–Trinajstić information content (AvgIpc) is 3.28. The van der Waals surface area contributed by atoms with Crippen molar-refractivity contribution in [2.45, 2.75) is 12.3 Å². The molecule has 0 saturated carbocycles. The van der Waals surface area contributed by atoms with Crippen molar-refractivity contribution in [3.05, 3.63) is 87.5 Å². The molecule has 0 radical (unpaired) electrons. The molecule has 33 heavy (non-hydrogen) atoms. The van der Waals surface area contributed by atoms with Crippen LogP contribution in [0.5, 0.6) is 5.75 Å². The summed E-state index contributed by atoms with van der Waals surface area (Å²) in [6.45, 7) is 1.12. The Bertz CT molecular complexity index is 1190. The maximum atomic E-state index is 12.4. The predicted molar refractivity (Wildman–Crippen MR) is 137 cm³/mol. The Kier molecular flexibility index (Phi) is 7.49. The maximum absolute atomic E-state index is 12.4. The highest BCUT2D eigenvalue weighted by molar-refractivity contribution is 14.1. The molecule has 1 unspecified atom stereocenters. The van der Waals surface area contributed by atoms with Gasteiger partial charge in [0.15, 0.2) is 5.58 Å². The van der Waals surface area contributed by atoms with Crippen LogP contribution >= 0.6 is 22.6 Å². The van der Waals surface area contributed by atoms with Gasteiger partial charge in [0.25, 0.3) is 6.01 Å². The summed E-state index contributed by atoms with van der Waals surface area (Å²) in [4.78, 5) is 18.9. The van der Waals surface area contributed by atoms with Crippen LogP contribution in [0.25, 0.3) is 11.1 Å². The first-order chi connectivity index (χ1) is 16.0. The number of anilines is 1. The van der Waals surface area contributed by atoms with Crippen molar-refractivity contribution in [3.8, 4) is 5.75 Å². The Morgan fingerprint density at radius 3 is 2.52 bits per heavy atom. The number of carbonyl (C=O) groups is 1. The van der Waals surface area contributed by atoms with Gasteiger partial charge in [-0.05, 0) is 70.5 Å². The second kappa shape index (κ2) is 10.7. The van der Waals surface area contributed by atoms with Crippen LogP contribution in [0.1, 0.15) is 17.0 Å². The molecule has 1 aromatic heterocycles. The van der Waals surface area contributed by atoms with E-state index in [-0.39, 0.29) is 11.9 Å². The number of ether oxygens (including phenoxy) is 2. The van der Waals surface area contributed by atoms with E-state index < -0.39 is 0 Å². The maximum Gasteiger partial charge on any atom is 0.313 e. The third-order valence-corrected chi connectivity index (χ3v) is 6.42. The zero-order valence-corrected chi connectivity index (χ0v) is 20.7. The molecule has 0 aliphatic heterocycles. The fraction of sp³-hybridized carbons (Fsp3) is 0.231. The lowest BCUT2D eigenvalue weighted by atomic mass is 9.92. The third kappa shape index (κ3) is 5.65. The quantitative estimate of drug-likeness (QED) is 0.202. The Hall–Kier alpha value is -3.07. The molecule has 1 heterocycles. The Morgan fingerprint density at radius 1 is 1.06 bits per heavy atom. The molecule has 3 aromatic carbocycles. The number of carbonyl (C=O) groups excluding carboxylic acids is 1. The second-order valence-corrected chi connectivity index (χ2v) is 8.84. The minimum Gasteiger partial charge on any atom is -0.492 e. The van der Waals surface area contributed by atoms with Gasteiger partial charge in [0, 0.05) is 10.6 Å². The standard InChI is InChI=1S/C26H25IN2O4/c1-29(26-28-23-9-5-6-10-24(23)33-26)15-16-32-19-13-11-18(12-14-19)17-21(25(30)31-2)20-7-3-4-8-22(20)27/h3-14,21H,15-17H2,1-2H3. The van der Waals surface area contributed by atoms with E-state index in [0.29, 0.717) is 25.6 Å². The summed E-state index contributed by atoms with van der Waals surface area (Å²) in [6, 6.07) is 24.0. The number of hydrogen-bond donors (Lipinski definition) is 0. The molecule has 1 atom stereocenters. The van der Waals surface area contributed by atoms with Crippen LogP contribution in [-0.4, -0.2) is 38.3 Å². The molecular formula is C26H25IN2O4. The molecule has 0 aliphatic carbocycles. The number of rotatable bonds is 9. The zero-order valence-electron chi connectivity index (χ0n) is 18.5. The number of para-hydroxylation sites is 2. The summed E-state index contributed by atoms with van der Waals surface area (Å²) >= 11 is 2.26. The van der Waals surface area contributed by atoms with Crippen molar-refractivity contribution in [1.82, 2.24) is 4.98 Å². The molecule has 0 saturated heterocycles. The summed E-state index contributed by atoms with van der Waals surface area (Å²) in [5.74, 6) is 0.190. The van der Waals surface area contributed by atoms with E-state index in [4.69, 9.17) is 13.9 Å². The molecule has 170 valence electrons. The SMILES string of the molecule is COC(=O)C(Cc1ccc(OCCN(C)c2nc3ccccc3o2)cc1)c1ccccc1I. The van der Waals surface area contributed by atoms with E-state index in [1.807, 2.05) is 84.7 Å². The average molecular weight is 556 g/mol. The molecule has 0 spiro atoms. The highest BCUT2D eigenvalue weighted by Gasteiger charge is 2.23. The van der Waals surface area contributed by atoms with Crippen molar-refractivity contribution >= 4 is 45.7 Å². The van der Waals surface area contributed by atoms with Gasteiger partial charge in [-0.1, -0.05) is 42.5 Å². The Labute approximate surface area is 206 Å². The fourth-order valence-electron chi connectivity index (χ4n) is 3.60. The lowest BCUT2D eigenvalue weighted by molar-refractivity contribution is -0.142. The molecule has 4 aromatic rings. The van der Waals surface area contributed by atoms with Gasteiger partial charge in [0.1, 0.15) is 17.9 Å². The van der Waals surface area contributed by atoms with Crippen LogP contribution in [-0.2, 0) is 16.0 Å². The number of benzene rings is 3. The lowest BCUT2D eigenvalue weighted by Crippen LogP contribution is -2.24. The number of halogens is 1. The van der Waals surface area contributed by atoms with Crippen molar-refractivity contribution in [3.63, 3.8) is 0 Å². The topological polar surface area (TPSA) is 64.8 Å². The predicted octanol–water partition coefficient (Wildman–Crippen LogP) is 5.45. The molecule has 0 amide bonds. The van der Waals surface area contributed by atoms with Crippen LogP contribution < -0.4 is 9.64 Å². The van der Waals surface area contributed by atoms with Crippen LogP contribution in [0.15, 0.2) is 77.2 Å². The summed E-state index contributed by atoms with van der Waals surface area (Å²) in [6.07, 6.45) is 0.563. The number of esters is 1. The minimum atomic E-state index is -0.347. The van der Waals surface area contributed by atoms with Crippen LogP contribution in [0.2, 0.25) is 0 Å². The number of aromatic nitrogens is 1. The molecule has 0 N–H and O–H groups in total. The first-order valence-corrected chi connectivity index (χ1v) is 11.7. The second-order valence-electron chi connectivity index (χ2n) is 7.68. The number of oxazole rings is 1. The van der Waals surface area contributed by atoms with E-state index >= 15 is 0 Å². The van der Waals surface area contributed by atoms with E-state index in [0.717, 1.165) is 31.5 Å². The van der Waals surface area contributed by atoms with Crippen molar-refractivity contribution in [2.75, 3.05) is 32.2 Å². The third-order valence-electron chi connectivity index (χ3n) is 5.43. The van der Waals surface area contributed by atoms with Crippen LogP contribution in [0.4, 0.5) is 6.01 Å². The number of methoxy groups -OCH3 is 1. The van der Waals surface area contributed by atoms with Gasteiger partial charge in [0.2, 0.25) is 0 Å². The van der Waals surface area contributed by atoms with Gasteiger partial charge in [-0.2, -0.15) is 4.98 Å². The van der Waals surface area contributed by atoms with E-state index in [2.05, 4.69) is 27.6 Å². The highest BCUT2D eigenvalue weighted by atomic mass is 127. The molecule has 6 nitrogen and oxygen atoms in total. The van der Waals surface area contributed by atoms with E-state index in [9.17, 15) is 4.79 Å². The molecule has 0 aliphatic rings. The Balaban J connectivity index is 1.34. The first-order valence-electron chi connectivity index (χ1n) is 10.7. The summed E-state index contributed by atoms with van der Waals surface area (Å²) in [7, 11) is 3.36. The van der Waals surface area contributed by atoms with Gasteiger partial charge in [-0.15, -0.1) is 0 Å². The van der Waals surface area contributed by atoms with E-state index in [1.165, 1.54) is 7.11 Å². The monoisotopic (exact) mass is 556 g/mol.